The van der Waals surface area contributed by atoms with Crippen LogP contribution in [-0.2, 0) is 20.5 Å². The number of carbonyl (C=O) groups excluding carboxylic acids is 1. The molecular formula is C13H15Br2N3O4S2. The largest absolute Gasteiger partial charge is 0.366 e. The van der Waals surface area contributed by atoms with Gasteiger partial charge in [-0.2, -0.15) is 0 Å². The lowest BCUT2D eigenvalue weighted by atomic mass is 10.0. The summed E-state index contributed by atoms with van der Waals surface area (Å²) < 4.78 is 26.8. The molecule has 0 aliphatic carbocycles. The minimum Gasteiger partial charge on any atom is -0.366 e. The number of carbonyl (C=O) groups is 1. The molecule has 2 aliphatic heterocycles. The van der Waals surface area contributed by atoms with Crippen molar-refractivity contribution in [3.63, 3.8) is 0 Å². The van der Waals surface area contributed by atoms with Crippen molar-refractivity contribution < 1.29 is 18.3 Å². The van der Waals surface area contributed by atoms with Crippen LogP contribution in [0.4, 0.5) is 0 Å². The number of benzene rings is 1. The van der Waals surface area contributed by atoms with Gasteiger partial charge in [-0.1, -0.05) is 17.8 Å². The molecule has 0 saturated carbocycles. The van der Waals surface area contributed by atoms with E-state index >= 15 is 0 Å². The summed E-state index contributed by atoms with van der Waals surface area (Å²) in [5.41, 5.74) is -0.856. The SMILES string of the molecule is Br.CC(=O)NS(=O)(=O)c1cc(C2(O)CSC3=NCCN32)ccc1Br. The van der Waals surface area contributed by atoms with Crippen molar-refractivity contribution in [3.8, 4) is 0 Å². The van der Waals surface area contributed by atoms with Gasteiger partial charge in [0.15, 0.2) is 10.9 Å². The second-order valence-corrected chi connectivity index (χ2v) is 8.68. The molecule has 7 nitrogen and oxygen atoms in total. The van der Waals surface area contributed by atoms with Crippen LogP contribution in [-0.4, -0.2) is 48.3 Å². The zero-order chi connectivity index (χ0) is 16.8. The molecule has 0 bridgehead atoms. The zero-order valence-electron chi connectivity index (χ0n) is 12.5. The van der Waals surface area contributed by atoms with Crippen LogP contribution >= 0.6 is 44.7 Å². The summed E-state index contributed by atoms with van der Waals surface area (Å²) >= 11 is 4.62. The van der Waals surface area contributed by atoms with Crippen LogP contribution in [0.2, 0.25) is 0 Å². The maximum atomic E-state index is 12.3. The van der Waals surface area contributed by atoms with E-state index in [0.717, 1.165) is 12.1 Å². The topological polar surface area (TPSA) is 99.1 Å². The number of halogens is 2. The normalized spacial score (nSPS) is 22.6. The maximum absolute atomic E-state index is 12.3. The number of amidine groups is 1. The first-order valence-electron chi connectivity index (χ1n) is 6.75. The Morgan fingerprint density at radius 3 is 2.88 bits per heavy atom. The highest BCUT2D eigenvalue weighted by Gasteiger charge is 2.46. The van der Waals surface area contributed by atoms with Gasteiger partial charge in [-0.3, -0.25) is 9.79 Å². The summed E-state index contributed by atoms with van der Waals surface area (Å²) in [4.78, 5) is 17.1. The van der Waals surface area contributed by atoms with Gasteiger partial charge in [-0.05, 0) is 28.1 Å². The molecule has 1 unspecified atom stereocenters. The summed E-state index contributed by atoms with van der Waals surface area (Å²) in [6.07, 6.45) is 0. The smallest absolute Gasteiger partial charge is 0.265 e. The highest BCUT2D eigenvalue weighted by molar-refractivity contribution is 9.10. The lowest BCUT2D eigenvalue weighted by molar-refractivity contribution is -0.117. The molecule has 1 aromatic rings. The maximum Gasteiger partial charge on any atom is 0.265 e. The number of hydrogen-bond acceptors (Lipinski definition) is 7. The molecule has 1 fully saturated rings. The number of aliphatic hydroxyl groups is 1. The second-order valence-electron chi connectivity index (χ2n) is 5.23. The Bertz CT molecular complexity index is 815. The van der Waals surface area contributed by atoms with Crippen molar-refractivity contribution in [1.29, 1.82) is 0 Å². The Balaban J connectivity index is 0.00000208. The van der Waals surface area contributed by atoms with E-state index in [2.05, 4.69) is 20.9 Å². The van der Waals surface area contributed by atoms with Gasteiger partial charge in [0.25, 0.3) is 10.0 Å². The molecule has 0 aromatic heterocycles. The highest BCUT2D eigenvalue weighted by Crippen LogP contribution is 2.41. The summed E-state index contributed by atoms with van der Waals surface area (Å²) in [5, 5.41) is 11.8. The second kappa shape index (κ2) is 6.94. The zero-order valence-corrected chi connectivity index (χ0v) is 17.5. The van der Waals surface area contributed by atoms with E-state index in [1.807, 2.05) is 4.72 Å². The van der Waals surface area contributed by atoms with Gasteiger partial charge in [0.1, 0.15) is 4.90 Å². The van der Waals surface area contributed by atoms with Crippen LogP contribution in [0.3, 0.4) is 0 Å². The molecule has 24 heavy (non-hydrogen) atoms. The van der Waals surface area contributed by atoms with Gasteiger partial charge in [-0.25, -0.2) is 13.1 Å². The molecule has 0 spiro atoms. The van der Waals surface area contributed by atoms with Crippen LogP contribution in [0.25, 0.3) is 0 Å². The van der Waals surface area contributed by atoms with Gasteiger partial charge in [0.05, 0.1) is 12.3 Å². The van der Waals surface area contributed by atoms with Crippen molar-refractivity contribution in [2.24, 2.45) is 4.99 Å². The lowest BCUT2D eigenvalue weighted by Crippen LogP contribution is -2.44. The van der Waals surface area contributed by atoms with E-state index in [9.17, 15) is 18.3 Å². The first kappa shape index (κ1) is 19.7. The van der Waals surface area contributed by atoms with E-state index < -0.39 is 21.7 Å². The minimum absolute atomic E-state index is 0. The number of nitrogens with one attached hydrogen (secondary N) is 1. The van der Waals surface area contributed by atoms with Crippen LogP contribution in [0, 0.1) is 0 Å². The highest BCUT2D eigenvalue weighted by atomic mass is 79.9. The van der Waals surface area contributed by atoms with Gasteiger partial charge < -0.3 is 10.0 Å². The van der Waals surface area contributed by atoms with E-state index in [-0.39, 0.29) is 21.9 Å². The van der Waals surface area contributed by atoms with Crippen LogP contribution in [0.15, 0.2) is 32.6 Å². The quantitative estimate of drug-likeness (QED) is 0.651. The summed E-state index contributed by atoms with van der Waals surface area (Å²) in [6, 6.07) is 4.60. The summed E-state index contributed by atoms with van der Waals surface area (Å²) in [6.45, 7) is 2.32. The Morgan fingerprint density at radius 2 is 2.21 bits per heavy atom. The van der Waals surface area contributed by atoms with Crippen molar-refractivity contribution in [3.05, 3.63) is 28.2 Å². The molecule has 3 rings (SSSR count). The molecule has 11 heteroatoms. The Hall–Kier alpha value is -0.620. The van der Waals surface area contributed by atoms with Crippen molar-refractivity contribution in [1.82, 2.24) is 9.62 Å². The predicted octanol–water partition coefficient (Wildman–Crippen LogP) is 1.42. The van der Waals surface area contributed by atoms with Gasteiger partial charge in [0.2, 0.25) is 5.91 Å². The third kappa shape index (κ3) is 3.36. The number of aliphatic imine (C=N–C) groups is 1. The molecule has 1 amide bonds. The minimum atomic E-state index is -4.00. The molecule has 1 atom stereocenters. The lowest BCUT2D eigenvalue weighted by Gasteiger charge is -2.32. The fourth-order valence-corrected chi connectivity index (χ4v) is 5.79. The molecule has 2 N–H and O–H groups in total. The van der Waals surface area contributed by atoms with Crippen molar-refractivity contribution in [2.45, 2.75) is 17.5 Å². The summed E-state index contributed by atoms with van der Waals surface area (Å²) in [7, 11) is -4.00. The third-order valence-corrected chi connectivity index (χ3v) is 7.19. The van der Waals surface area contributed by atoms with E-state index in [4.69, 9.17) is 0 Å². The van der Waals surface area contributed by atoms with Crippen LogP contribution in [0.5, 0.6) is 0 Å². The van der Waals surface area contributed by atoms with Crippen molar-refractivity contribution >= 4 is 65.8 Å². The van der Waals surface area contributed by atoms with E-state index in [1.54, 1.807) is 17.0 Å². The van der Waals surface area contributed by atoms with Gasteiger partial charge in [0, 0.05) is 23.5 Å². The number of amides is 1. The number of sulfonamides is 1. The molecule has 2 heterocycles. The monoisotopic (exact) mass is 499 g/mol. The fraction of sp³-hybridized carbons (Fsp3) is 0.385. The molecule has 0 radical (unpaired) electrons. The molecular weight excluding hydrogens is 486 g/mol. The van der Waals surface area contributed by atoms with Crippen molar-refractivity contribution in [2.75, 3.05) is 18.8 Å². The van der Waals surface area contributed by atoms with E-state index in [1.165, 1.54) is 17.8 Å². The average Bonchev–Trinajstić information content (AvgIpc) is 3.03. The first-order valence-corrected chi connectivity index (χ1v) is 10.0. The molecule has 2 aliphatic rings. The Kier molecular flexibility index (Phi) is 5.70. The number of nitrogens with zero attached hydrogens (tertiary/aromatic N) is 2. The third-order valence-electron chi connectivity index (χ3n) is 3.61. The molecule has 1 saturated heterocycles. The Morgan fingerprint density at radius 1 is 1.50 bits per heavy atom. The summed E-state index contributed by atoms with van der Waals surface area (Å²) in [5.74, 6) is -0.306. The molecule has 1 aromatic carbocycles. The van der Waals surface area contributed by atoms with Gasteiger partial charge >= 0.3 is 0 Å². The van der Waals surface area contributed by atoms with Crippen LogP contribution in [0.1, 0.15) is 12.5 Å². The standard InChI is InChI=1S/C13H14BrN3O4S2.BrH/c1-8(18)16-23(20,21)11-6-9(2-3-10(11)14)13(19)7-22-12-15-4-5-17(12)13;/h2-3,6,19H,4-5,7H2,1H3,(H,16,18);1H. The number of hydrogen-bond donors (Lipinski definition) is 2. The predicted molar refractivity (Wildman–Crippen MR) is 101 cm³/mol. The first-order chi connectivity index (χ1) is 10.7. The fourth-order valence-electron chi connectivity index (χ4n) is 2.58. The number of rotatable bonds is 3. The number of thioether (sulfide) groups is 1. The average molecular weight is 501 g/mol. The Labute approximate surface area is 162 Å². The molecule has 132 valence electrons. The van der Waals surface area contributed by atoms with Crippen LogP contribution < -0.4 is 4.72 Å². The van der Waals surface area contributed by atoms with E-state index in [0.29, 0.717) is 28.9 Å². The van der Waals surface area contributed by atoms with Gasteiger partial charge in [-0.15, -0.1) is 17.0 Å². The number of fused-ring (bicyclic) bond motifs is 1.